The first-order valence-electron chi connectivity index (χ1n) is 6.74. The number of carbonyl (C=O) groups excluding carboxylic acids is 3. The van der Waals surface area contributed by atoms with Gasteiger partial charge in [-0.2, -0.15) is 0 Å². The van der Waals surface area contributed by atoms with Crippen LogP contribution in [0.15, 0.2) is 30.3 Å². The molecule has 1 unspecified atom stereocenters. The lowest BCUT2D eigenvalue weighted by atomic mass is 10.1. The van der Waals surface area contributed by atoms with Gasteiger partial charge in [-0.05, 0) is 5.56 Å². The van der Waals surface area contributed by atoms with Crippen LogP contribution in [-0.4, -0.2) is 42.4 Å². The average molecular weight is 290 g/mol. The van der Waals surface area contributed by atoms with E-state index in [4.69, 9.17) is 5.73 Å². The number of carbonyl (C=O) groups is 3. The van der Waals surface area contributed by atoms with Gasteiger partial charge in [-0.3, -0.25) is 9.59 Å². The molecule has 21 heavy (non-hydrogen) atoms. The molecule has 1 saturated heterocycles. The third-order valence-electron chi connectivity index (χ3n) is 3.29. The summed E-state index contributed by atoms with van der Waals surface area (Å²) in [6.45, 7) is 1.14. The lowest BCUT2D eigenvalue weighted by Gasteiger charge is -2.26. The quantitative estimate of drug-likeness (QED) is 0.714. The summed E-state index contributed by atoms with van der Waals surface area (Å²) in [4.78, 5) is 36.7. The molecule has 4 amide bonds. The second-order valence-electron chi connectivity index (χ2n) is 4.78. The van der Waals surface area contributed by atoms with Crippen molar-refractivity contribution in [2.75, 3.05) is 19.6 Å². The van der Waals surface area contributed by atoms with Crippen molar-refractivity contribution in [3.8, 4) is 0 Å². The number of nitrogens with two attached hydrogens (primary N) is 1. The Morgan fingerprint density at radius 1 is 1.24 bits per heavy atom. The fraction of sp³-hybridized carbons (Fsp3) is 0.357. The predicted molar refractivity (Wildman–Crippen MR) is 76.1 cm³/mol. The highest BCUT2D eigenvalue weighted by molar-refractivity contribution is 5.88. The van der Waals surface area contributed by atoms with Gasteiger partial charge in [-0.25, -0.2) is 4.79 Å². The molecule has 4 N–H and O–H groups in total. The van der Waals surface area contributed by atoms with Gasteiger partial charge in [0.2, 0.25) is 11.8 Å². The summed E-state index contributed by atoms with van der Waals surface area (Å²) in [6, 6.07) is 7.29. The fourth-order valence-corrected chi connectivity index (χ4v) is 2.25. The Morgan fingerprint density at radius 2 is 1.95 bits per heavy atom. The van der Waals surface area contributed by atoms with Crippen molar-refractivity contribution < 1.29 is 14.4 Å². The van der Waals surface area contributed by atoms with E-state index in [9.17, 15) is 14.4 Å². The maximum absolute atomic E-state index is 12.6. The second-order valence-corrected chi connectivity index (χ2v) is 4.78. The van der Waals surface area contributed by atoms with Crippen LogP contribution in [0.4, 0.5) is 4.79 Å². The zero-order valence-corrected chi connectivity index (χ0v) is 11.5. The minimum Gasteiger partial charge on any atom is -0.354 e. The number of urea groups is 1. The maximum Gasteiger partial charge on any atom is 0.313 e. The minimum atomic E-state index is -0.836. The van der Waals surface area contributed by atoms with Gasteiger partial charge in [-0.1, -0.05) is 30.3 Å². The number of benzene rings is 1. The Balaban J connectivity index is 2.17. The Labute approximate surface area is 122 Å². The van der Waals surface area contributed by atoms with Gasteiger partial charge in [0, 0.05) is 26.1 Å². The lowest BCUT2D eigenvalue weighted by molar-refractivity contribution is -0.133. The highest BCUT2D eigenvalue weighted by Gasteiger charge is 2.28. The molecule has 0 aromatic heterocycles. The number of nitrogens with one attached hydrogen (secondary N) is 2. The summed E-state index contributed by atoms with van der Waals surface area (Å²) < 4.78 is 0. The zero-order valence-electron chi connectivity index (χ0n) is 11.5. The van der Waals surface area contributed by atoms with E-state index in [1.807, 2.05) is 6.07 Å². The molecular formula is C14H18N4O3. The summed E-state index contributed by atoms with van der Waals surface area (Å²) in [5, 5.41) is 5.17. The standard InChI is InChI=1S/C14H18N4O3/c15-14(21)17-12(10-4-2-1-3-5-10)13(20)18-8-6-11(19)16-7-9-18/h1-5,12H,6-9H2,(H,16,19)(H3,15,17,21). The Kier molecular flexibility index (Phi) is 4.76. The van der Waals surface area contributed by atoms with Crippen molar-refractivity contribution in [1.29, 1.82) is 0 Å². The van der Waals surface area contributed by atoms with Gasteiger partial charge < -0.3 is 21.3 Å². The monoisotopic (exact) mass is 290 g/mol. The highest BCUT2D eigenvalue weighted by Crippen LogP contribution is 2.16. The molecule has 1 atom stereocenters. The molecule has 0 saturated carbocycles. The third-order valence-corrected chi connectivity index (χ3v) is 3.29. The number of amides is 4. The summed E-state index contributed by atoms with van der Waals surface area (Å²) in [6.07, 6.45) is 0.254. The van der Waals surface area contributed by atoms with E-state index in [0.717, 1.165) is 0 Å². The van der Waals surface area contributed by atoms with Gasteiger partial charge in [0.1, 0.15) is 6.04 Å². The van der Waals surface area contributed by atoms with Crippen LogP contribution in [0.25, 0.3) is 0 Å². The summed E-state index contributed by atoms with van der Waals surface area (Å²) in [7, 11) is 0. The molecule has 0 spiro atoms. The van der Waals surface area contributed by atoms with E-state index < -0.39 is 12.1 Å². The van der Waals surface area contributed by atoms with Crippen LogP contribution < -0.4 is 16.4 Å². The maximum atomic E-state index is 12.6. The van der Waals surface area contributed by atoms with E-state index in [1.54, 1.807) is 29.2 Å². The van der Waals surface area contributed by atoms with Crippen molar-refractivity contribution in [2.45, 2.75) is 12.5 Å². The Morgan fingerprint density at radius 3 is 2.62 bits per heavy atom. The van der Waals surface area contributed by atoms with Crippen LogP contribution in [0, 0.1) is 0 Å². The van der Waals surface area contributed by atoms with E-state index in [2.05, 4.69) is 10.6 Å². The van der Waals surface area contributed by atoms with Gasteiger partial charge in [0.15, 0.2) is 0 Å². The summed E-state index contributed by atoms with van der Waals surface area (Å²) >= 11 is 0. The number of hydrogen-bond donors (Lipinski definition) is 3. The molecule has 2 rings (SSSR count). The molecule has 0 bridgehead atoms. The van der Waals surface area contributed by atoms with Crippen LogP contribution in [0.2, 0.25) is 0 Å². The lowest BCUT2D eigenvalue weighted by Crippen LogP contribution is -2.45. The first kappa shape index (κ1) is 14.8. The van der Waals surface area contributed by atoms with Crippen LogP contribution in [-0.2, 0) is 9.59 Å². The number of primary amides is 1. The largest absolute Gasteiger partial charge is 0.354 e. The Hall–Kier alpha value is -2.57. The number of nitrogens with zero attached hydrogens (tertiary/aromatic N) is 1. The van der Waals surface area contributed by atoms with Crippen LogP contribution >= 0.6 is 0 Å². The molecule has 0 radical (unpaired) electrons. The fourth-order valence-electron chi connectivity index (χ4n) is 2.25. The van der Waals surface area contributed by atoms with E-state index >= 15 is 0 Å². The zero-order chi connectivity index (χ0) is 15.2. The molecule has 112 valence electrons. The summed E-state index contributed by atoms with van der Waals surface area (Å²) in [5.41, 5.74) is 5.82. The normalized spacial score (nSPS) is 16.6. The van der Waals surface area contributed by atoms with Crippen LogP contribution in [0.3, 0.4) is 0 Å². The van der Waals surface area contributed by atoms with Crippen molar-refractivity contribution >= 4 is 17.8 Å². The number of hydrogen-bond acceptors (Lipinski definition) is 3. The first-order chi connectivity index (χ1) is 10.1. The highest BCUT2D eigenvalue weighted by atomic mass is 16.2. The molecule has 1 aliphatic heterocycles. The van der Waals surface area contributed by atoms with Crippen molar-refractivity contribution in [3.63, 3.8) is 0 Å². The van der Waals surface area contributed by atoms with Gasteiger partial charge >= 0.3 is 6.03 Å². The number of rotatable bonds is 3. The van der Waals surface area contributed by atoms with Crippen molar-refractivity contribution in [1.82, 2.24) is 15.5 Å². The van der Waals surface area contributed by atoms with Gasteiger partial charge in [-0.15, -0.1) is 0 Å². The predicted octanol–water partition coefficient (Wildman–Crippen LogP) is -0.255. The van der Waals surface area contributed by atoms with Crippen LogP contribution in [0.1, 0.15) is 18.0 Å². The second kappa shape index (κ2) is 6.74. The molecule has 1 aromatic carbocycles. The van der Waals surface area contributed by atoms with Crippen LogP contribution in [0.5, 0.6) is 0 Å². The molecule has 1 aromatic rings. The molecule has 1 heterocycles. The first-order valence-corrected chi connectivity index (χ1v) is 6.74. The van der Waals surface area contributed by atoms with E-state index in [-0.39, 0.29) is 18.2 Å². The summed E-state index contributed by atoms with van der Waals surface area (Å²) in [5.74, 6) is -0.346. The molecule has 7 heteroatoms. The molecule has 7 nitrogen and oxygen atoms in total. The van der Waals surface area contributed by atoms with E-state index in [1.165, 1.54) is 0 Å². The van der Waals surface area contributed by atoms with Crippen molar-refractivity contribution in [2.24, 2.45) is 5.73 Å². The van der Waals surface area contributed by atoms with E-state index in [0.29, 0.717) is 25.2 Å². The smallest absolute Gasteiger partial charge is 0.313 e. The molecule has 1 aliphatic rings. The minimum absolute atomic E-state index is 0.0792. The topological polar surface area (TPSA) is 105 Å². The molecule has 0 aliphatic carbocycles. The molecule has 1 fully saturated rings. The van der Waals surface area contributed by atoms with Gasteiger partial charge in [0.25, 0.3) is 0 Å². The SMILES string of the molecule is NC(=O)NC(C(=O)N1CCNC(=O)CC1)c1ccccc1. The third kappa shape index (κ3) is 3.95. The average Bonchev–Trinajstić information content (AvgIpc) is 2.69. The molecular weight excluding hydrogens is 272 g/mol. The van der Waals surface area contributed by atoms with Crippen molar-refractivity contribution in [3.05, 3.63) is 35.9 Å². The van der Waals surface area contributed by atoms with Gasteiger partial charge in [0.05, 0.1) is 0 Å². The Bertz CT molecular complexity index is 532.